The summed E-state index contributed by atoms with van der Waals surface area (Å²) < 4.78 is 54.3. The van der Waals surface area contributed by atoms with Gasteiger partial charge >= 0.3 is 6.18 Å². The van der Waals surface area contributed by atoms with Crippen molar-refractivity contribution in [2.24, 2.45) is 0 Å². The van der Waals surface area contributed by atoms with Crippen LogP contribution in [-0.2, 0) is 12.6 Å². The van der Waals surface area contributed by atoms with E-state index in [4.69, 9.17) is 0 Å². The summed E-state index contributed by atoms with van der Waals surface area (Å²) in [6.07, 6.45) is -1.45. The number of hydrogen-bond donors (Lipinski definition) is 2. The van der Waals surface area contributed by atoms with Gasteiger partial charge in [-0.3, -0.25) is 14.8 Å². The number of rotatable bonds is 4. The molecule has 2 N–H and O–H groups in total. The SMILES string of the molecule is Cc1[nH]c2c(F)ccc(C(F)(F)F)c2c1CCNC(=O)c1ccc2nccnc2c1. The summed E-state index contributed by atoms with van der Waals surface area (Å²) in [6.45, 7) is 1.66. The molecular formula is C21H16F4N4O. The van der Waals surface area contributed by atoms with Crippen LogP contribution in [0.5, 0.6) is 0 Å². The van der Waals surface area contributed by atoms with Gasteiger partial charge in [0.2, 0.25) is 0 Å². The number of halogens is 4. The number of alkyl halides is 3. The van der Waals surface area contributed by atoms with E-state index >= 15 is 0 Å². The predicted molar refractivity (Wildman–Crippen MR) is 104 cm³/mol. The van der Waals surface area contributed by atoms with E-state index in [-0.39, 0.29) is 29.8 Å². The molecule has 1 amide bonds. The summed E-state index contributed by atoms with van der Waals surface area (Å²) in [4.78, 5) is 23.4. The predicted octanol–water partition coefficient (Wildman–Crippen LogP) is 4.55. The van der Waals surface area contributed by atoms with Crippen molar-refractivity contribution in [1.82, 2.24) is 20.3 Å². The second kappa shape index (κ2) is 7.40. The van der Waals surface area contributed by atoms with Gasteiger partial charge in [0.1, 0.15) is 5.82 Å². The van der Waals surface area contributed by atoms with Crippen molar-refractivity contribution >= 4 is 27.8 Å². The molecule has 2 heterocycles. The van der Waals surface area contributed by atoms with Gasteiger partial charge in [-0.05, 0) is 49.2 Å². The molecule has 0 atom stereocenters. The molecular weight excluding hydrogens is 400 g/mol. The third-order valence-electron chi connectivity index (χ3n) is 4.92. The Morgan fingerprint density at radius 3 is 2.57 bits per heavy atom. The molecule has 9 heteroatoms. The Balaban J connectivity index is 1.57. The Labute approximate surface area is 168 Å². The van der Waals surface area contributed by atoms with Crippen molar-refractivity contribution in [3.63, 3.8) is 0 Å². The molecule has 2 aromatic heterocycles. The lowest BCUT2D eigenvalue weighted by molar-refractivity contribution is -0.136. The van der Waals surface area contributed by atoms with Crippen LogP contribution in [0.25, 0.3) is 21.9 Å². The van der Waals surface area contributed by atoms with Crippen molar-refractivity contribution in [2.75, 3.05) is 6.54 Å². The number of fused-ring (bicyclic) bond motifs is 2. The van der Waals surface area contributed by atoms with Gasteiger partial charge in [-0.2, -0.15) is 13.2 Å². The number of hydrogen-bond acceptors (Lipinski definition) is 3. The minimum absolute atomic E-state index is 0.0823. The average molecular weight is 416 g/mol. The fourth-order valence-electron chi connectivity index (χ4n) is 3.52. The highest BCUT2D eigenvalue weighted by molar-refractivity contribution is 5.97. The molecule has 0 fully saturated rings. The number of carbonyl (C=O) groups excluding carboxylic acids is 1. The summed E-state index contributed by atoms with van der Waals surface area (Å²) in [7, 11) is 0. The second-order valence-electron chi connectivity index (χ2n) is 6.84. The molecule has 154 valence electrons. The first-order valence-corrected chi connectivity index (χ1v) is 9.11. The first kappa shape index (κ1) is 19.8. The van der Waals surface area contributed by atoms with Crippen LogP contribution in [0, 0.1) is 12.7 Å². The first-order valence-electron chi connectivity index (χ1n) is 9.11. The highest BCUT2D eigenvalue weighted by Gasteiger charge is 2.34. The van der Waals surface area contributed by atoms with E-state index in [2.05, 4.69) is 20.3 Å². The van der Waals surface area contributed by atoms with Crippen LogP contribution in [0.4, 0.5) is 17.6 Å². The lowest BCUT2D eigenvalue weighted by atomic mass is 10.0. The molecule has 0 saturated carbocycles. The number of H-pyrrole nitrogens is 1. The molecule has 4 rings (SSSR count). The summed E-state index contributed by atoms with van der Waals surface area (Å²) in [5.41, 5.74) is 1.22. The van der Waals surface area contributed by atoms with Gasteiger partial charge < -0.3 is 10.3 Å². The van der Waals surface area contributed by atoms with Crippen LogP contribution in [0.15, 0.2) is 42.7 Å². The Hall–Kier alpha value is -3.49. The second-order valence-corrected chi connectivity index (χ2v) is 6.84. The number of aromatic nitrogens is 3. The Morgan fingerprint density at radius 1 is 1.10 bits per heavy atom. The van der Waals surface area contributed by atoms with E-state index in [9.17, 15) is 22.4 Å². The zero-order valence-electron chi connectivity index (χ0n) is 15.8. The van der Waals surface area contributed by atoms with E-state index < -0.39 is 17.6 Å². The van der Waals surface area contributed by atoms with Crippen LogP contribution in [0.2, 0.25) is 0 Å². The van der Waals surface area contributed by atoms with E-state index in [1.807, 2.05) is 0 Å². The Morgan fingerprint density at radius 2 is 1.83 bits per heavy atom. The molecule has 0 aliphatic heterocycles. The maximum Gasteiger partial charge on any atom is 0.417 e. The molecule has 0 bridgehead atoms. The van der Waals surface area contributed by atoms with E-state index in [1.165, 1.54) is 6.20 Å². The molecule has 4 aromatic rings. The van der Waals surface area contributed by atoms with Crippen molar-refractivity contribution in [3.05, 3.63) is 70.9 Å². The number of amides is 1. The fraction of sp³-hybridized carbons (Fsp3) is 0.190. The van der Waals surface area contributed by atoms with Crippen LogP contribution in [0.3, 0.4) is 0 Å². The summed E-state index contributed by atoms with van der Waals surface area (Å²) >= 11 is 0. The van der Waals surface area contributed by atoms with E-state index in [1.54, 1.807) is 31.3 Å². The number of nitrogens with one attached hydrogen (secondary N) is 2. The molecule has 2 aromatic carbocycles. The van der Waals surface area contributed by atoms with Crippen molar-refractivity contribution in [2.45, 2.75) is 19.5 Å². The Bertz CT molecular complexity index is 1260. The van der Waals surface area contributed by atoms with Crippen molar-refractivity contribution in [3.8, 4) is 0 Å². The van der Waals surface area contributed by atoms with Gasteiger partial charge in [-0.1, -0.05) is 0 Å². The minimum atomic E-state index is -4.62. The number of carbonyl (C=O) groups is 1. The van der Waals surface area contributed by atoms with E-state index in [0.29, 0.717) is 27.9 Å². The van der Waals surface area contributed by atoms with Crippen LogP contribution < -0.4 is 5.32 Å². The maximum atomic E-state index is 14.1. The zero-order valence-corrected chi connectivity index (χ0v) is 15.8. The van der Waals surface area contributed by atoms with Gasteiger partial charge in [0.05, 0.1) is 22.1 Å². The molecule has 0 radical (unpaired) electrons. The van der Waals surface area contributed by atoms with E-state index in [0.717, 1.165) is 12.1 Å². The quantitative estimate of drug-likeness (QED) is 0.480. The number of benzene rings is 2. The number of aromatic amines is 1. The third-order valence-corrected chi connectivity index (χ3v) is 4.92. The molecule has 0 aliphatic carbocycles. The van der Waals surface area contributed by atoms with Gasteiger partial charge in [0, 0.05) is 35.6 Å². The molecule has 0 saturated heterocycles. The largest absolute Gasteiger partial charge is 0.417 e. The molecule has 0 spiro atoms. The molecule has 5 nitrogen and oxygen atoms in total. The Kier molecular flexibility index (Phi) is 4.89. The van der Waals surface area contributed by atoms with Gasteiger partial charge in [-0.25, -0.2) is 4.39 Å². The number of nitrogens with zero attached hydrogens (tertiary/aromatic N) is 2. The fourth-order valence-corrected chi connectivity index (χ4v) is 3.52. The summed E-state index contributed by atoms with van der Waals surface area (Å²) in [6, 6.07) is 6.39. The molecule has 0 aliphatic rings. The van der Waals surface area contributed by atoms with Crippen LogP contribution in [-0.4, -0.2) is 27.4 Å². The minimum Gasteiger partial charge on any atom is -0.356 e. The van der Waals surface area contributed by atoms with Gasteiger partial charge in [-0.15, -0.1) is 0 Å². The van der Waals surface area contributed by atoms with Gasteiger partial charge in [0.25, 0.3) is 5.91 Å². The average Bonchev–Trinajstić information content (AvgIpc) is 3.04. The highest BCUT2D eigenvalue weighted by atomic mass is 19.4. The zero-order chi connectivity index (χ0) is 21.5. The molecule has 30 heavy (non-hydrogen) atoms. The van der Waals surface area contributed by atoms with Crippen LogP contribution >= 0.6 is 0 Å². The standard InChI is InChI=1S/C21H16F4N4O/c1-11-13(18-14(21(23,24)25)3-4-15(22)19(18)29-11)6-7-28-20(30)12-2-5-16-17(10-12)27-9-8-26-16/h2-5,8-10,29H,6-7H2,1H3,(H,28,30). The summed E-state index contributed by atoms with van der Waals surface area (Å²) in [5.74, 6) is -1.14. The van der Waals surface area contributed by atoms with Crippen molar-refractivity contribution < 1.29 is 22.4 Å². The highest BCUT2D eigenvalue weighted by Crippen LogP contribution is 2.38. The number of aryl methyl sites for hydroxylation is 1. The normalized spacial score (nSPS) is 11.9. The lowest BCUT2D eigenvalue weighted by Gasteiger charge is -2.11. The lowest BCUT2D eigenvalue weighted by Crippen LogP contribution is -2.25. The smallest absolute Gasteiger partial charge is 0.356 e. The monoisotopic (exact) mass is 416 g/mol. The topological polar surface area (TPSA) is 70.7 Å². The van der Waals surface area contributed by atoms with Gasteiger partial charge in [0.15, 0.2) is 0 Å². The van der Waals surface area contributed by atoms with Crippen molar-refractivity contribution in [1.29, 1.82) is 0 Å². The first-order chi connectivity index (χ1) is 14.3. The maximum absolute atomic E-state index is 14.1. The third kappa shape index (κ3) is 3.58. The molecule has 0 unspecified atom stereocenters. The summed E-state index contributed by atoms with van der Waals surface area (Å²) in [5, 5.41) is 2.49. The van der Waals surface area contributed by atoms with Crippen LogP contribution in [0.1, 0.15) is 27.2 Å².